The van der Waals surface area contributed by atoms with Gasteiger partial charge in [0.15, 0.2) is 0 Å². The van der Waals surface area contributed by atoms with Gasteiger partial charge >= 0.3 is 0 Å². The molecule has 0 unspecified atom stereocenters. The van der Waals surface area contributed by atoms with Crippen LogP contribution < -0.4 is 0 Å². The number of amides is 1. The zero-order chi connectivity index (χ0) is 11.4. The van der Waals surface area contributed by atoms with Gasteiger partial charge in [-0.3, -0.25) is 4.79 Å². The monoisotopic (exact) mass is 219 g/mol. The molecule has 1 aliphatic rings. The van der Waals surface area contributed by atoms with Crippen LogP contribution in [0.25, 0.3) is 0 Å². The molecule has 1 heterocycles. The minimum absolute atomic E-state index is 0.125. The first kappa shape index (κ1) is 11.1. The second kappa shape index (κ2) is 5.12. The van der Waals surface area contributed by atoms with Gasteiger partial charge in [0.2, 0.25) is 0 Å². The van der Waals surface area contributed by atoms with Crippen LogP contribution in [0.1, 0.15) is 23.2 Å². The molecule has 16 heavy (non-hydrogen) atoms. The second-order valence-electron chi connectivity index (χ2n) is 4.12. The first-order valence-corrected chi connectivity index (χ1v) is 5.68. The van der Waals surface area contributed by atoms with Crippen molar-refractivity contribution in [3.05, 3.63) is 35.9 Å². The molecule has 86 valence electrons. The molecule has 0 radical (unpaired) electrons. The molecule has 0 aromatic heterocycles. The van der Waals surface area contributed by atoms with E-state index in [9.17, 15) is 4.79 Å². The van der Waals surface area contributed by atoms with Crippen LogP contribution in [0.3, 0.4) is 0 Å². The molecule has 0 spiro atoms. The van der Waals surface area contributed by atoms with Crippen molar-refractivity contribution in [2.75, 3.05) is 20.3 Å². The summed E-state index contributed by atoms with van der Waals surface area (Å²) in [4.78, 5) is 14.1. The van der Waals surface area contributed by atoms with Crippen LogP contribution in [-0.4, -0.2) is 37.1 Å². The van der Waals surface area contributed by atoms with Crippen molar-refractivity contribution in [3.63, 3.8) is 0 Å². The molecule has 3 heteroatoms. The zero-order valence-corrected chi connectivity index (χ0v) is 9.56. The molecule has 1 fully saturated rings. The Morgan fingerprint density at radius 1 is 1.44 bits per heavy atom. The van der Waals surface area contributed by atoms with Crippen molar-refractivity contribution in [1.29, 1.82) is 0 Å². The predicted octanol–water partition coefficient (Wildman–Crippen LogP) is 1.94. The third-order valence-corrected chi connectivity index (χ3v) is 3.02. The maximum absolute atomic E-state index is 12.2. The van der Waals surface area contributed by atoms with Crippen LogP contribution in [0.4, 0.5) is 0 Å². The summed E-state index contributed by atoms with van der Waals surface area (Å²) in [5, 5.41) is 0. The quantitative estimate of drug-likeness (QED) is 0.777. The molecular weight excluding hydrogens is 202 g/mol. The maximum atomic E-state index is 12.2. The van der Waals surface area contributed by atoms with Gasteiger partial charge in [-0.1, -0.05) is 18.2 Å². The van der Waals surface area contributed by atoms with Crippen molar-refractivity contribution in [2.24, 2.45) is 0 Å². The van der Waals surface area contributed by atoms with Gasteiger partial charge in [0, 0.05) is 19.2 Å². The van der Waals surface area contributed by atoms with Gasteiger partial charge in [0.25, 0.3) is 5.91 Å². The molecule has 0 saturated carbocycles. The lowest BCUT2D eigenvalue weighted by Crippen LogP contribution is -2.38. The van der Waals surface area contributed by atoms with E-state index in [1.54, 1.807) is 7.11 Å². The minimum Gasteiger partial charge on any atom is -0.383 e. The predicted molar refractivity (Wildman–Crippen MR) is 62.4 cm³/mol. The van der Waals surface area contributed by atoms with Crippen LogP contribution in [0, 0.1) is 0 Å². The molecule has 2 rings (SSSR count). The van der Waals surface area contributed by atoms with Gasteiger partial charge < -0.3 is 9.64 Å². The van der Waals surface area contributed by atoms with Crippen LogP contribution in [0.2, 0.25) is 0 Å². The van der Waals surface area contributed by atoms with Crippen LogP contribution >= 0.6 is 0 Å². The number of rotatable bonds is 3. The third kappa shape index (κ3) is 2.25. The van der Waals surface area contributed by atoms with Gasteiger partial charge in [0.1, 0.15) is 0 Å². The molecule has 3 nitrogen and oxygen atoms in total. The fourth-order valence-electron chi connectivity index (χ4n) is 2.22. The standard InChI is InChI=1S/C13H17NO2/c1-16-10-12-8-5-9-14(12)13(15)11-6-3-2-4-7-11/h2-4,6-7,12H,5,8-10H2,1H3/t12-/m0/s1. The van der Waals surface area contributed by atoms with E-state index < -0.39 is 0 Å². The van der Waals surface area contributed by atoms with E-state index >= 15 is 0 Å². The largest absolute Gasteiger partial charge is 0.383 e. The smallest absolute Gasteiger partial charge is 0.254 e. The number of likely N-dealkylation sites (tertiary alicyclic amines) is 1. The van der Waals surface area contributed by atoms with Gasteiger partial charge in [-0.25, -0.2) is 0 Å². The molecule has 1 saturated heterocycles. The highest BCUT2D eigenvalue weighted by molar-refractivity contribution is 5.94. The van der Waals surface area contributed by atoms with E-state index in [0.29, 0.717) is 6.61 Å². The Kier molecular flexibility index (Phi) is 3.57. The Balaban J connectivity index is 2.09. The molecule has 1 aromatic rings. The first-order valence-electron chi connectivity index (χ1n) is 5.68. The summed E-state index contributed by atoms with van der Waals surface area (Å²) in [5.74, 6) is 0.125. The number of nitrogens with zero attached hydrogens (tertiary/aromatic N) is 1. The SMILES string of the molecule is COC[C@@H]1CCCN1C(=O)c1ccccc1. The summed E-state index contributed by atoms with van der Waals surface area (Å²) in [7, 11) is 1.68. The highest BCUT2D eigenvalue weighted by Gasteiger charge is 2.28. The van der Waals surface area contributed by atoms with E-state index in [1.165, 1.54) is 0 Å². The van der Waals surface area contributed by atoms with Crippen molar-refractivity contribution in [3.8, 4) is 0 Å². The van der Waals surface area contributed by atoms with Crippen LogP contribution in [0.15, 0.2) is 30.3 Å². The second-order valence-corrected chi connectivity index (χ2v) is 4.12. The summed E-state index contributed by atoms with van der Waals surface area (Å²) in [6, 6.07) is 9.70. The van der Waals surface area contributed by atoms with E-state index in [2.05, 4.69) is 0 Å². The minimum atomic E-state index is 0.125. The van der Waals surface area contributed by atoms with Gasteiger partial charge in [-0.15, -0.1) is 0 Å². The Morgan fingerprint density at radius 2 is 2.19 bits per heavy atom. The van der Waals surface area contributed by atoms with Crippen molar-refractivity contribution in [2.45, 2.75) is 18.9 Å². The average molecular weight is 219 g/mol. The van der Waals surface area contributed by atoms with E-state index in [0.717, 1.165) is 24.9 Å². The summed E-state index contributed by atoms with van der Waals surface area (Å²) in [6.45, 7) is 1.49. The number of benzene rings is 1. The fourth-order valence-corrected chi connectivity index (χ4v) is 2.22. The average Bonchev–Trinajstić information content (AvgIpc) is 2.78. The van der Waals surface area contributed by atoms with Gasteiger partial charge in [-0.05, 0) is 25.0 Å². The number of ether oxygens (including phenoxy) is 1. The van der Waals surface area contributed by atoms with Gasteiger partial charge in [-0.2, -0.15) is 0 Å². The molecule has 1 amide bonds. The van der Waals surface area contributed by atoms with Crippen molar-refractivity contribution in [1.82, 2.24) is 4.90 Å². The molecule has 0 N–H and O–H groups in total. The van der Waals surface area contributed by atoms with Crippen LogP contribution in [0.5, 0.6) is 0 Å². The molecule has 1 atom stereocenters. The van der Waals surface area contributed by atoms with Crippen molar-refractivity contribution >= 4 is 5.91 Å². The number of hydrogen-bond donors (Lipinski definition) is 0. The van der Waals surface area contributed by atoms with Gasteiger partial charge in [0.05, 0.1) is 12.6 Å². The number of hydrogen-bond acceptors (Lipinski definition) is 2. The Morgan fingerprint density at radius 3 is 2.88 bits per heavy atom. The molecule has 1 aromatic carbocycles. The normalized spacial score (nSPS) is 20.1. The van der Waals surface area contributed by atoms with Crippen LogP contribution in [-0.2, 0) is 4.74 Å². The summed E-state index contributed by atoms with van der Waals surface area (Å²) < 4.78 is 5.15. The molecule has 0 aliphatic carbocycles. The Hall–Kier alpha value is -1.35. The lowest BCUT2D eigenvalue weighted by Gasteiger charge is -2.24. The van der Waals surface area contributed by atoms with E-state index in [4.69, 9.17) is 4.74 Å². The van der Waals surface area contributed by atoms with Crippen molar-refractivity contribution < 1.29 is 9.53 Å². The Labute approximate surface area is 96.0 Å². The summed E-state index contributed by atoms with van der Waals surface area (Å²) in [5.41, 5.74) is 0.769. The van der Waals surface area contributed by atoms with E-state index in [1.807, 2.05) is 35.2 Å². The molecule has 0 bridgehead atoms. The van der Waals surface area contributed by atoms with E-state index in [-0.39, 0.29) is 11.9 Å². The number of carbonyl (C=O) groups excluding carboxylic acids is 1. The molecular formula is C13H17NO2. The number of methoxy groups -OCH3 is 1. The Bertz CT molecular complexity index is 350. The first-order chi connectivity index (χ1) is 7.83. The maximum Gasteiger partial charge on any atom is 0.254 e. The highest BCUT2D eigenvalue weighted by Crippen LogP contribution is 2.20. The highest BCUT2D eigenvalue weighted by atomic mass is 16.5. The zero-order valence-electron chi connectivity index (χ0n) is 9.56. The number of carbonyl (C=O) groups is 1. The fraction of sp³-hybridized carbons (Fsp3) is 0.462. The lowest BCUT2D eigenvalue weighted by molar-refractivity contribution is 0.0630. The summed E-state index contributed by atoms with van der Waals surface area (Å²) >= 11 is 0. The topological polar surface area (TPSA) is 29.5 Å². The summed E-state index contributed by atoms with van der Waals surface area (Å²) in [6.07, 6.45) is 2.12. The molecule has 1 aliphatic heterocycles. The lowest BCUT2D eigenvalue weighted by atomic mass is 10.2. The third-order valence-electron chi connectivity index (χ3n) is 3.02.